The Labute approximate surface area is 107 Å². The average Bonchev–Trinajstić information content (AvgIpc) is 2.25. The van der Waals surface area contributed by atoms with Gasteiger partial charge in [0.1, 0.15) is 17.1 Å². The van der Waals surface area contributed by atoms with Gasteiger partial charge in [0.15, 0.2) is 5.82 Å². The summed E-state index contributed by atoms with van der Waals surface area (Å²) < 4.78 is 5.16. The molecule has 0 aliphatic heterocycles. The second-order valence-corrected chi connectivity index (χ2v) is 5.24. The van der Waals surface area contributed by atoms with Crippen LogP contribution in [0.5, 0.6) is 5.75 Å². The van der Waals surface area contributed by atoms with Gasteiger partial charge in [-0.15, -0.1) is 0 Å². The van der Waals surface area contributed by atoms with E-state index in [1.807, 2.05) is 13.0 Å². The van der Waals surface area contributed by atoms with E-state index >= 15 is 0 Å². The molecule has 0 radical (unpaired) electrons. The molecule has 2 heterocycles. The summed E-state index contributed by atoms with van der Waals surface area (Å²) in [6.07, 6.45) is 1.68. The average molecular weight is 246 g/mol. The Morgan fingerprint density at radius 1 is 1.22 bits per heavy atom. The maximum Gasteiger partial charge on any atom is 0.156 e. The van der Waals surface area contributed by atoms with Crippen molar-refractivity contribution in [2.24, 2.45) is 0 Å². The van der Waals surface area contributed by atoms with Crippen molar-refractivity contribution in [1.82, 2.24) is 15.0 Å². The lowest BCUT2D eigenvalue weighted by molar-refractivity contribution is 0.413. The minimum absolute atomic E-state index is 0.0741. The van der Waals surface area contributed by atoms with E-state index in [0.717, 1.165) is 16.9 Å². The molecule has 0 saturated carbocycles. The van der Waals surface area contributed by atoms with Crippen molar-refractivity contribution in [2.75, 3.05) is 12.4 Å². The topological polar surface area (TPSA) is 59.9 Å². The monoisotopic (exact) mass is 246 g/mol. The zero-order chi connectivity index (χ0) is 13.3. The summed E-state index contributed by atoms with van der Waals surface area (Å²) in [4.78, 5) is 13.2. The fraction of sp³-hybridized carbons (Fsp3) is 0.462. The molecule has 96 valence electrons. The van der Waals surface area contributed by atoms with Crippen LogP contribution in [0.3, 0.4) is 0 Å². The first-order valence-corrected chi connectivity index (χ1v) is 5.85. The third kappa shape index (κ3) is 2.67. The number of ether oxygens (including phenoxy) is 1. The molecule has 0 spiro atoms. The van der Waals surface area contributed by atoms with Gasteiger partial charge in [0.2, 0.25) is 0 Å². The minimum Gasteiger partial charge on any atom is -0.495 e. The summed E-state index contributed by atoms with van der Waals surface area (Å²) in [6.45, 7) is 8.12. The molecular formula is C13H18N4O. The number of nitrogens with zero attached hydrogens (tertiary/aromatic N) is 3. The highest BCUT2D eigenvalue weighted by molar-refractivity contribution is 5.86. The highest BCUT2D eigenvalue weighted by atomic mass is 16.5. The molecule has 0 atom stereocenters. The number of rotatable bonds is 2. The molecule has 0 saturated heterocycles. The highest BCUT2D eigenvalue weighted by Gasteiger charge is 2.15. The fourth-order valence-corrected chi connectivity index (χ4v) is 1.67. The third-order valence-corrected chi connectivity index (χ3v) is 2.35. The minimum atomic E-state index is -0.0741. The lowest BCUT2D eigenvalue weighted by Crippen LogP contribution is -2.27. The molecule has 0 aromatic carbocycles. The third-order valence-electron chi connectivity index (χ3n) is 2.35. The first kappa shape index (κ1) is 12.5. The SMILES string of the molecule is COc1cnc2c(NC(C)(C)C)nc(C)nc2c1. The van der Waals surface area contributed by atoms with Gasteiger partial charge in [-0.2, -0.15) is 0 Å². The Bertz CT molecular complexity index is 575. The van der Waals surface area contributed by atoms with E-state index in [9.17, 15) is 0 Å². The van der Waals surface area contributed by atoms with E-state index in [4.69, 9.17) is 4.74 Å². The number of aryl methyl sites for hydroxylation is 1. The standard InChI is InChI=1S/C13H18N4O/c1-8-15-10-6-9(18-5)7-14-11(10)12(16-8)17-13(2,3)4/h6-7H,1-5H3,(H,15,16,17). The van der Waals surface area contributed by atoms with Crippen molar-refractivity contribution < 1.29 is 4.74 Å². The van der Waals surface area contributed by atoms with Gasteiger partial charge in [0.25, 0.3) is 0 Å². The van der Waals surface area contributed by atoms with Crippen LogP contribution in [0.2, 0.25) is 0 Å². The number of fused-ring (bicyclic) bond motifs is 1. The quantitative estimate of drug-likeness (QED) is 0.882. The Kier molecular flexibility index (Phi) is 3.07. The van der Waals surface area contributed by atoms with Gasteiger partial charge in [0.05, 0.1) is 18.8 Å². The summed E-state index contributed by atoms with van der Waals surface area (Å²) in [6, 6.07) is 1.87. The molecule has 2 aromatic rings. The maximum atomic E-state index is 5.16. The Hall–Kier alpha value is -1.91. The molecule has 18 heavy (non-hydrogen) atoms. The summed E-state index contributed by atoms with van der Waals surface area (Å²) in [7, 11) is 1.62. The van der Waals surface area contributed by atoms with Crippen LogP contribution >= 0.6 is 0 Å². The summed E-state index contributed by atoms with van der Waals surface area (Å²) >= 11 is 0. The molecule has 0 aliphatic rings. The number of nitrogens with one attached hydrogen (secondary N) is 1. The van der Waals surface area contributed by atoms with Crippen molar-refractivity contribution in [3.8, 4) is 5.75 Å². The molecule has 0 bridgehead atoms. The van der Waals surface area contributed by atoms with Crippen LogP contribution in [0.15, 0.2) is 12.3 Å². The largest absolute Gasteiger partial charge is 0.495 e. The van der Waals surface area contributed by atoms with Gasteiger partial charge in [-0.1, -0.05) is 0 Å². The van der Waals surface area contributed by atoms with Crippen LogP contribution < -0.4 is 10.1 Å². The zero-order valence-electron chi connectivity index (χ0n) is 11.4. The Morgan fingerprint density at radius 3 is 2.56 bits per heavy atom. The van der Waals surface area contributed by atoms with Gasteiger partial charge in [-0.05, 0) is 27.7 Å². The molecule has 5 nitrogen and oxygen atoms in total. The van der Waals surface area contributed by atoms with Gasteiger partial charge >= 0.3 is 0 Å². The van der Waals surface area contributed by atoms with Gasteiger partial charge in [-0.25, -0.2) is 15.0 Å². The van der Waals surface area contributed by atoms with Crippen LogP contribution in [0.1, 0.15) is 26.6 Å². The van der Waals surface area contributed by atoms with E-state index in [-0.39, 0.29) is 5.54 Å². The van der Waals surface area contributed by atoms with Crippen LogP contribution in [0, 0.1) is 6.92 Å². The molecule has 0 fully saturated rings. The summed E-state index contributed by atoms with van der Waals surface area (Å²) in [5.41, 5.74) is 1.47. The molecule has 0 unspecified atom stereocenters. The van der Waals surface area contributed by atoms with Crippen molar-refractivity contribution >= 4 is 16.9 Å². The molecule has 2 aromatic heterocycles. The normalized spacial score (nSPS) is 11.6. The molecule has 1 N–H and O–H groups in total. The molecular weight excluding hydrogens is 228 g/mol. The lowest BCUT2D eigenvalue weighted by Gasteiger charge is -2.22. The number of aromatic nitrogens is 3. The van der Waals surface area contributed by atoms with Gasteiger partial charge in [0, 0.05) is 11.6 Å². The van der Waals surface area contributed by atoms with Crippen molar-refractivity contribution in [1.29, 1.82) is 0 Å². The number of hydrogen-bond acceptors (Lipinski definition) is 5. The van der Waals surface area contributed by atoms with Crippen molar-refractivity contribution in [2.45, 2.75) is 33.2 Å². The van der Waals surface area contributed by atoms with E-state index in [1.54, 1.807) is 13.3 Å². The first-order chi connectivity index (χ1) is 8.39. The predicted molar refractivity (Wildman–Crippen MR) is 72.0 cm³/mol. The highest BCUT2D eigenvalue weighted by Crippen LogP contribution is 2.23. The van der Waals surface area contributed by atoms with Gasteiger partial charge in [-0.3, -0.25) is 0 Å². The lowest BCUT2D eigenvalue weighted by atomic mass is 10.1. The smallest absolute Gasteiger partial charge is 0.156 e. The second-order valence-electron chi connectivity index (χ2n) is 5.24. The summed E-state index contributed by atoms with van der Waals surface area (Å²) in [5, 5.41) is 3.35. The number of hydrogen-bond donors (Lipinski definition) is 1. The molecule has 0 amide bonds. The van der Waals surface area contributed by atoms with Crippen LogP contribution in [-0.2, 0) is 0 Å². The number of pyridine rings is 1. The molecule has 2 rings (SSSR count). The summed E-state index contributed by atoms with van der Waals surface area (Å²) in [5.74, 6) is 2.17. The van der Waals surface area contributed by atoms with E-state index in [2.05, 4.69) is 41.0 Å². The van der Waals surface area contributed by atoms with Crippen LogP contribution in [0.4, 0.5) is 5.82 Å². The van der Waals surface area contributed by atoms with Crippen molar-refractivity contribution in [3.05, 3.63) is 18.1 Å². The van der Waals surface area contributed by atoms with E-state index in [0.29, 0.717) is 11.6 Å². The van der Waals surface area contributed by atoms with Crippen LogP contribution in [0.25, 0.3) is 11.0 Å². The molecule has 0 aliphatic carbocycles. The van der Waals surface area contributed by atoms with Crippen LogP contribution in [-0.4, -0.2) is 27.6 Å². The van der Waals surface area contributed by atoms with Gasteiger partial charge < -0.3 is 10.1 Å². The first-order valence-electron chi connectivity index (χ1n) is 5.85. The van der Waals surface area contributed by atoms with Crippen molar-refractivity contribution in [3.63, 3.8) is 0 Å². The second kappa shape index (κ2) is 4.40. The Balaban J connectivity index is 2.59. The fourth-order valence-electron chi connectivity index (χ4n) is 1.67. The number of anilines is 1. The number of methoxy groups -OCH3 is 1. The zero-order valence-corrected chi connectivity index (χ0v) is 11.4. The Morgan fingerprint density at radius 2 is 1.94 bits per heavy atom. The van der Waals surface area contributed by atoms with E-state index in [1.165, 1.54) is 0 Å². The van der Waals surface area contributed by atoms with E-state index < -0.39 is 0 Å². The predicted octanol–water partition coefficient (Wildman–Crippen LogP) is 2.55. The molecule has 5 heteroatoms. The maximum absolute atomic E-state index is 5.16.